The van der Waals surface area contributed by atoms with Crippen molar-refractivity contribution in [3.63, 3.8) is 0 Å². The van der Waals surface area contributed by atoms with Crippen LogP contribution in [0.5, 0.6) is 0 Å². The van der Waals surface area contributed by atoms with Gasteiger partial charge in [-0.1, -0.05) is 12.8 Å². The molecule has 1 rings (SSSR count). The molecule has 1 aliphatic carbocycles. The van der Waals surface area contributed by atoms with Crippen LogP contribution in [0.1, 0.15) is 32.6 Å². The van der Waals surface area contributed by atoms with Crippen molar-refractivity contribution in [2.24, 2.45) is 5.92 Å². The lowest BCUT2D eigenvalue weighted by Crippen LogP contribution is -2.32. The lowest BCUT2D eigenvalue weighted by molar-refractivity contribution is -0.118. The lowest BCUT2D eigenvalue weighted by atomic mass is 10.1. The molecule has 76 valence electrons. The van der Waals surface area contributed by atoms with Crippen LogP contribution in [0.3, 0.4) is 0 Å². The summed E-state index contributed by atoms with van der Waals surface area (Å²) in [6.45, 7) is 4.33. The summed E-state index contributed by atoms with van der Waals surface area (Å²) >= 11 is 0. The second-order valence-electron chi connectivity index (χ2n) is 3.84. The second kappa shape index (κ2) is 5.97. The molecule has 0 unspecified atom stereocenters. The van der Waals surface area contributed by atoms with Crippen molar-refractivity contribution in [3.05, 3.63) is 0 Å². The lowest BCUT2D eigenvalue weighted by Gasteiger charge is -2.10. The van der Waals surface area contributed by atoms with Crippen LogP contribution in [-0.2, 0) is 4.79 Å². The van der Waals surface area contributed by atoms with Crippen molar-refractivity contribution in [1.29, 1.82) is 0 Å². The van der Waals surface area contributed by atoms with Crippen LogP contribution in [0.15, 0.2) is 0 Å². The van der Waals surface area contributed by atoms with Gasteiger partial charge in [0, 0.05) is 20.0 Å². The standard InChI is InChI=1S/C10H20N2O/c1-9(13)12-7-6-11-8-10-4-2-3-5-10/h10-11H,2-8H2,1H3,(H,12,13). The molecule has 0 heterocycles. The maximum Gasteiger partial charge on any atom is 0.216 e. The predicted molar refractivity (Wildman–Crippen MR) is 53.5 cm³/mol. The first-order chi connectivity index (χ1) is 6.29. The molecule has 0 atom stereocenters. The largest absolute Gasteiger partial charge is 0.355 e. The Bertz CT molecular complexity index is 153. The van der Waals surface area contributed by atoms with Crippen LogP contribution in [-0.4, -0.2) is 25.5 Å². The molecule has 0 aromatic carbocycles. The van der Waals surface area contributed by atoms with Crippen LogP contribution in [0.4, 0.5) is 0 Å². The van der Waals surface area contributed by atoms with E-state index in [2.05, 4.69) is 10.6 Å². The summed E-state index contributed by atoms with van der Waals surface area (Å²) in [6, 6.07) is 0. The van der Waals surface area contributed by atoms with E-state index in [0.717, 1.165) is 25.6 Å². The van der Waals surface area contributed by atoms with E-state index in [1.807, 2.05) is 0 Å². The van der Waals surface area contributed by atoms with E-state index in [9.17, 15) is 4.79 Å². The number of carbonyl (C=O) groups excluding carboxylic acids is 1. The molecule has 0 spiro atoms. The average molecular weight is 184 g/mol. The monoisotopic (exact) mass is 184 g/mol. The van der Waals surface area contributed by atoms with E-state index in [-0.39, 0.29) is 5.91 Å². The van der Waals surface area contributed by atoms with Gasteiger partial charge in [0.15, 0.2) is 0 Å². The van der Waals surface area contributed by atoms with Gasteiger partial charge in [-0.15, -0.1) is 0 Å². The molecule has 13 heavy (non-hydrogen) atoms. The predicted octanol–water partition coefficient (Wildman–Crippen LogP) is 0.902. The number of carbonyl (C=O) groups is 1. The number of hydrogen-bond donors (Lipinski definition) is 2. The van der Waals surface area contributed by atoms with Gasteiger partial charge in [-0.05, 0) is 25.3 Å². The van der Waals surface area contributed by atoms with Crippen molar-refractivity contribution < 1.29 is 4.79 Å². The summed E-state index contributed by atoms with van der Waals surface area (Å²) in [5.74, 6) is 0.944. The summed E-state index contributed by atoms with van der Waals surface area (Å²) in [7, 11) is 0. The van der Waals surface area contributed by atoms with Gasteiger partial charge >= 0.3 is 0 Å². The molecule has 1 fully saturated rings. The van der Waals surface area contributed by atoms with Crippen molar-refractivity contribution >= 4 is 5.91 Å². The van der Waals surface area contributed by atoms with E-state index in [1.54, 1.807) is 6.92 Å². The van der Waals surface area contributed by atoms with Gasteiger partial charge in [-0.2, -0.15) is 0 Å². The summed E-state index contributed by atoms with van der Waals surface area (Å²) < 4.78 is 0. The molecule has 2 N–H and O–H groups in total. The van der Waals surface area contributed by atoms with Gasteiger partial charge in [0.05, 0.1) is 0 Å². The Morgan fingerprint density at radius 3 is 2.62 bits per heavy atom. The van der Waals surface area contributed by atoms with E-state index in [0.29, 0.717) is 0 Å². The Morgan fingerprint density at radius 2 is 2.00 bits per heavy atom. The topological polar surface area (TPSA) is 41.1 Å². The number of nitrogens with one attached hydrogen (secondary N) is 2. The summed E-state index contributed by atoms with van der Waals surface area (Å²) in [4.78, 5) is 10.5. The van der Waals surface area contributed by atoms with Crippen molar-refractivity contribution in [2.45, 2.75) is 32.6 Å². The Kier molecular flexibility index (Phi) is 4.83. The fraction of sp³-hybridized carbons (Fsp3) is 0.900. The highest BCUT2D eigenvalue weighted by atomic mass is 16.1. The third-order valence-electron chi connectivity index (χ3n) is 2.58. The Hall–Kier alpha value is -0.570. The highest BCUT2D eigenvalue weighted by molar-refractivity contribution is 5.72. The zero-order valence-electron chi connectivity index (χ0n) is 8.44. The smallest absolute Gasteiger partial charge is 0.216 e. The zero-order valence-corrected chi connectivity index (χ0v) is 8.44. The van der Waals surface area contributed by atoms with Gasteiger partial charge in [-0.25, -0.2) is 0 Å². The third kappa shape index (κ3) is 4.88. The molecule has 3 nitrogen and oxygen atoms in total. The van der Waals surface area contributed by atoms with Crippen molar-refractivity contribution in [1.82, 2.24) is 10.6 Å². The quantitative estimate of drug-likeness (QED) is 0.623. The van der Waals surface area contributed by atoms with Gasteiger partial charge in [0.25, 0.3) is 0 Å². The van der Waals surface area contributed by atoms with Crippen molar-refractivity contribution in [2.75, 3.05) is 19.6 Å². The van der Waals surface area contributed by atoms with Crippen LogP contribution in [0.25, 0.3) is 0 Å². The second-order valence-corrected chi connectivity index (χ2v) is 3.84. The summed E-state index contributed by atoms with van der Waals surface area (Å²) in [5, 5.41) is 6.14. The van der Waals surface area contributed by atoms with Crippen LogP contribution >= 0.6 is 0 Å². The van der Waals surface area contributed by atoms with Crippen LogP contribution in [0, 0.1) is 5.92 Å². The minimum Gasteiger partial charge on any atom is -0.355 e. The van der Waals surface area contributed by atoms with Gasteiger partial charge < -0.3 is 10.6 Å². The minimum absolute atomic E-state index is 0.0580. The van der Waals surface area contributed by atoms with Gasteiger partial charge in [0.1, 0.15) is 0 Å². The molecule has 0 aromatic rings. The molecule has 0 saturated heterocycles. The number of rotatable bonds is 5. The minimum atomic E-state index is 0.0580. The molecule has 3 heteroatoms. The van der Waals surface area contributed by atoms with Gasteiger partial charge in [0.2, 0.25) is 5.91 Å². The Morgan fingerprint density at radius 1 is 1.31 bits per heavy atom. The average Bonchev–Trinajstić information content (AvgIpc) is 2.55. The normalized spacial score (nSPS) is 17.6. The molecule has 0 aliphatic heterocycles. The molecule has 0 bridgehead atoms. The third-order valence-corrected chi connectivity index (χ3v) is 2.58. The molecule has 1 saturated carbocycles. The first kappa shape index (κ1) is 10.5. The van der Waals surface area contributed by atoms with Crippen molar-refractivity contribution in [3.8, 4) is 0 Å². The molecule has 1 amide bonds. The fourth-order valence-electron chi connectivity index (χ4n) is 1.85. The Labute approximate surface area is 80.3 Å². The molecular formula is C10H20N2O. The van der Waals surface area contributed by atoms with Crippen LogP contribution in [0.2, 0.25) is 0 Å². The molecule has 0 radical (unpaired) electrons. The number of amides is 1. The van der Waals surface area contributed by atoms with E-state index >= 15 is 0 Å². The molecule has 1 aliphatic rings. The maximum atomic E-state index is 10.5. The summed E-state index contributed by atoms with van der Waals surface area (Å²) in [5.41, 5.74) is 0. The van der Waals surface area contributed by atoms with Crippen LogP contribution < -0.4 is 10.6 Å². The SMILES string of the molecule is CC(=O)NCCNCC1CCCC1. The summed E-state index contributed by atoms with van der Waals surface area (Å²) in [6.07, 6.45) is 5.57. The molecule has 0 aromatic heterocycles. The maximum absolute atomic E-state index is 10.5. The molecular weight excluding hydrogens is 164 g/mol. The van der Waals surface area contributed by atoms with E-state index in [1.165, 1.54) is 25.7 Å². The zero-order chi connectivity index (χ0) is 9.52. The van der Waals surface area contributed by atoms with Gasteiger partial charge in [-0.3, -0.25) is 4.79 Å². The fourth-order valence-corrected chi connectivity index (χ4v) is 1.85. The first-order valence-corrected chi connectivity index (χ1v) is 5.24. The van der Waals surface area contributed by atoms with E-state index < -0.39 is 0 Å². The highest BCUT2D eigenvalue weighted by Crippen LogP contribution is 2.23. The number of hydrogen-bond acceptors (Lipinski definition) is 2. The Balaban J connectivity index is 1.86. The first-order valence-electron chi connectivity index (χ1n) is 5.24. The highest BCUT2D eigenvalue weighted by Gasteiger charge is 2.13. The van der Waals surface area contributed by atoms with E-state index in [4.69, 9.17) is 0 Å².